The lowest BCUT2D eigenvalue weighted by Crippen LogP contribution is -2.43. The van der Waals surface area contributed by atoms with E-state index in [0.29, 0.717) is 242 Å². The zero-order valence-corrected chi connectivity index (χ0v) is 81.9. The summed E-state index contributed by atoms with van der Waals surface area (Å²) >= 11 is 0. The van der Waals surface area contributed by atoms with Gasteiger partial charge in [0.25, 0.3) is 17.7 Å². The molecular formula is C99H149N5O36. The lowest BCUT2D eigenvalue weighted by molar-refractivity contribution is -0.132. The van der Waals surface area contributed by atoms with E-state index in [9.17, 15) is 45.0 Å². The fourth-order valence-corrected chi connectivity index (χ4v) is 13.4. The van der Waals surface area contributed by atoms with E-state index in [1.54, 1.807) is 73.0 Å². The minimum atomic E-state index is -1.23. The molecule has 41 heteroatoms. The Hall–Kier alpha value is -10.4. The molecule has 6 aromatic rings. The van der Waals surface area contributed by atoms with Crippen molar-refractivity contribution in [1.29, 1.82) is 0 Å². The van der Waals surface area contributed by atoms with Crippen LogP contribution in [0.3, 0.4) is 0 Å². The lowest BCUT2D eigenvalue weighted by atomic mass is 9.74. The van der Waals surface area contributed by atoms with Crippen molar-refractivity contribution in [2.45, 2.75) is 71.1 Å². The topological polar surface area (TPSA) is 490 Å². The summed E-state index contributed by atoms with van der Waals surface area (Å²) in [5.41, 5.74) is 0.263. The number of unbranched alkanes of at least 4 members (excludes halogenated alkanes) is 1. The second-order valence-electron chi connectivity index (χ2n) is 31.1. The SMILES string of the molecule is COCCOCCOCCOc1cc(COc2cc(CNCCCCNC(=O)C(CCCNC(=O)c3cccc(O)c3O)(CCCNC(=O)c3cccc(O)c3O)CCCNC(=O)c3cccc(O)c3O)cc(OCc3cc(OCCOCCOCCOC)c(OCCOCCOCCOC)c(OCCOCCOCCOC)c3)c2)cc(OCCOCCOCCOC)c1OCCOCCOCCOC. The zero-order valence-electron chi connectivity index (χ0n) is 81.9. The number of rotatable bonds is 89. The Kier molecular flexibility index (Phi) is 63.8. The highest BCUT2D eigenvalue weighted by Crippen LogP contribution is 2.43. The van der Waals surface area contributed by atoms with Gasteiger partial charge in [-0.15, -0.1) is 0 Å². The summed E-state index contributed by atoms with van der Waals surface area (Å²) in [6.45, 7) is 11.8. The molecule has 41 nitrogen and oxygen atoms in total. The van der Waals surface area contributed by atoms with E-state index in [0.717, 1.165) is 5.56 Å². The van der Waals surface area contributed by atoms with Gasteiger partial charge in [-0.2, -0.15) is 0 Å². The third kappa shape index (κ3) is 49.4. The summed E-state index contributed by atoms with van der Waals surface area (Å²) in [7, 11) is 9.62. The number of phenolic OH excluding ortho intramolecular Hbond substituents is 6. The molecule has 0 unspecified atom stereocenters. The third-order valence-electron chi connectivity index (χ3n) is 20.6. The summed E-state index contributed by atoms with van der Waals surface area (Å²) < 4.78 is 152. The van der Waals surface area contributed by atoms with Crippen molar-refractivity contribution >= 4 is 23.6 Å². The molecule has 140 heavy (non-hydrogen) atoms. The second kappa shape index (κ2) is 75.5. The van der Waals surface area contributed by atoms with E-state index in [1.807, 2.05) is 12.1 Å². The van der Waals surface area contributed by atoms with Crippen molar-refractivity contribution < 1.29 is 173 Å². The van der Waals surface area contributed by atoms with Gasteiger partial charge in [0.05, 0.1) is 215 Å². The van der Waals surface area contributed by atoms with Crippen molar-refractivity contribution in [3.8, 4) is 80.5 Å². The highest BCUT2D eigenvalue weighted by molar-refractivity contribution is 5.99. The van der Waals surface area contributed by atoms with Gasteiger partial charge in [-0.1, -0.05) is 18.2 Å². The van der Waals surface area contributed by atoms with Crippen LogP contribution in [-0.2, 0) is 110 Å². The minimum Gasteiger partial charge on any atom is -0.504 e. The largest absolute Gasteiger partial charge is 0.504 e. The smallest absolute Gasteiger partial charge is 0.255 e. The molecule has 0 bridgehead atoms. The van der Waals surface area contributed by atoms with Gasteiger partial charge in [-0.25, -0.2) is 0 Å². The lowest BCUT2D eigenvalue weighted by Gasteiger charge is -2.33. The summed E-state index contributed by atoms with van der Waals surface area (Å²) in [5, 5.41) is 77.3. The van der Waals surface area contributed by atoms with Gasteiger partial charge in [-0.05, 0) is 147 Å². The number of hydrogen-bond acceptors (Lipinski definition) is 37. The average Bonchev–Trinajstić information content (AvgIpc) is 0.819. The number of amides is 4. The normalized spacial score (nSPS) is 11.4. The van der Waals surface area contributed by atoms with Gasteiger partial charge >= 0.3 is 0 Å². The first kappa shape index (κ1) is 118. The Morgan fingerprint density at radius 2 is 0.514 bits per heavy atom. The molecule has 6 aromatic carbocycles. The van der Waals surface area contributed by atoms with Crippen LogP contribution in [0, 0.1) is 5.41 Å². The standard InChI is InChI=1S/C99H149N5O36/c1-115-29-35-121-41-47-127-53-59-133-86-67-76(68-87(134-60-54-128-48-42-122-36-30-116-2)93(86)137-63-57-131-51-45-125-39-33-119-5)73-139-78-65-75(66-79(71-78)140-74-77-69-88(135-61-55-129-49-43-123-37-31-117-3)94(138-64-58-132-52-46-126-40-34-120-6)89(70-77)136-62-56-130-50-44-124-38-32-118-4)72-100-24-7-8-25-104-98(114)99(21-12-26-101-95(111)80-15-9-18-83(105)90(80)108,22-13-27-102-96(112)81-16-10-19-84(106)91(81)109)23-14-28-103-97(113)82-17-11-20-85(107)92(82)110/h9-11,15-20,65-71,100,105-110H,7-8,12-14,21-64,72-74H2,1-6H3,(H,101,111)(H,102,112)(H,103,113)(H,104,114). The summed E-state index contributed by atoms with van der Waals surface area (Å²) in [4.78, 5) is 55.4. The monoisotopic (exact) mass is 1980 g/mol. The van der Waals surface area contributed by atoms with Crippen molar-refractivity contribution in [1.82, 2.24) is 26.6 Å². The van der Waals surface area contributed by atoms with Crippen LogP contribution in [0.15, 0.2) is 97.1 Å². The van der Waals surface area contributed by atoms with Crippen LogP contribution in [0.2, 0.25) is 0 Å². The zero-order chi connectivity index (χ0) is 100. The number of phenols is 6. The highest BCUT2D eigenvalue weighted by atomic mass is 16.6. The number of carbonyl (C=O) groups excluding carboxylic acids is 4. The van der Waals surface area contributed by atoms with Crippen LogP contribution >= 0.6 is 0 Å². The maximum atomic E-state index is 15.2. The molecule has 0 heterocycles. The molecule has 0 atom stereocenters. The molecule has 0 aliphatic rings. The van der Waals surface area contributed by atoms with E-state index in [2.05, 4.69) is 26.6 Å². The molecule has 0 aliphatic heterocycles. The number of benzene rings is 6. The van der Waals surface area contributed by atoms with Crippen LogP contribution in [0.25, 0.3) is 0 Å². The Labute approximate surface area is 820 Å². The Morgan fingerprint density at radius 3 is 0.793 bits per heavy atom. The highest BCUT2D eigenvalue weighted by Gasteiger charge is 2.37. The molecule has 0 aliphatic carbocycles. The van der Waals surface area contributed by atoms with Crippen LogP contribution in [-0.4, -0.2) is 367 Å². The van der Waals surface area contributed by atoms with Gasteiger partial charge in [0.1, 0.15) is 64.4 Å². The minimum absolute atomic E-state index is 0.0216. The number of methoxy groups -OCH3 is 6. The summed E-state index contributed by atoms with van der Waals surface area (Å²) in [6.07, 6.45) is 2.17. The quantitative estimate of drug-likeness (QED) is 0.0127. The first-order chi connectivity index (χ1) is 68.5. The molecule has 786 valence electrons. The van der Waals surface area contributed by atoms with Gasteiger partial charge in [-0.3, -0.25) is 19.2 Å². The molecule has 6 rings (SSSR count). The average molecular weight is 1990 g/mol. The van der Waals surface area contributed by atoms with Crippen molar-refractivity contribution in [3.63, 3.8) is 0 Å². The first-order valence-electron chi connectivity index (χ1n) is 47.2. The van der Waals surface area contributed by atoms with Gasteiger partial charge in [0, 0.05) is 86.9 Å². The second-order valence-corrected chi connectivity index (χ2v) is 31.1. The van der Waals surface area contributed by atoms with Crippen LogP contribution in [0.5, 0.6) is 80.5 Å². The van der Waals surface area contributed by atoms with Crippen molar-refractivity contribution in [3.05, 3.63) is 130 Å². The molecule has 0 saturated heterocycles. The number of para-hydroxylation sites is 3. The number of nitrogens with one attached hydrogen (secondary N) is 5. The molecule has 0 spiro atoms. The van der Waals surface area contributed by atoms with Gasteiger partial charge in [0.15, 0.2) is 57.5 Å². The Balaban J connectivity index is 1.33. The van der Waals surface area contributed by atoms with Crippen molar-refractivity contribution in [2.75, 3.05) is 313 Å². The number of hydrogen-bond donors (Lipinski definition) is 11. The van der Waals surface area contributed by atoms with E-state index in [4.69, 9.17) is 123 Å². The maximum absolute atomic E-state index is 15.2. The fourth-order valence-electron chi connectivity index (χ4n) is 13.4. The molecule has 0 aromatic heterocycles. The molecule has 0 radical (unpaired) electrons. The third-order valence-corrected chi connectivity index (χ3v) is 20.6. The fraction of sp³-hybridized carbons (Fsp3) is 0.596. The van der Waals surface area contributed by atoms with E-state index in [-0.39, 0.29) is 180 Å². The molecule has 11 N–H and O–H groups in total. The number of ether oxygens (including phenoxy) is 26. The molecule has 0 saturated carbocycles. The number of carbonyl (C=O) groups is 4. The van der Waals surface area contributed by atoms with Gasteiger partial charge in [0.2, 0.25) is 17.4 Å². The maximum Gasteiger partial charge on any atom is 0.255 e. The summed E-state index contributed by atoms with van der Waals surface area (Å²) in [6, 6.07) is 24.8. The summed E-state index contributed by atoms with van der Waals surface area (Å²) in [5.74, 6) is -2.93. The van der Waals surface area contributed by atoms with E-state index < -0.39 is 57.6 Å². The van der Waals surface area contributed by atoms with Gasteiger partial charge < -0.3 is 180 Å². The van der Waals surface area contributed by atoms with Crippen LogP contribution in [0.4, 0.5) is 0 Å². The predicted molar refractivity (Wildman–Crippen MR) is 512 cm³/mol. The van der Waals surface area contributed by atoms with Crippen LogP contribution < -0.4 is 64.5 Å². The first-order valence-corrected chi connectivity index (χ1v) is 47.2. The van der Waals surface area contributed by atoms with E-state index in [1.165, 1.54) is 54.6 Å². The van der Waals surface area contributed by atoms with Crippen LogP contribution in [0.1, 0.15) is 99.1 Å². The predicted octanol–water partition coefficient (Wildman–Crippen LogP) is 8.03. The molecule has 4 amide bonds. The molecular weight excluding hydrogens is 1840 g/mol. The Bertz CT molecular complexity index is 3930. The Morgan fingerprint density at radius 1 is 0.264 bits per heavy atom. The molecule has 0 fully saturated rings. The van der Waals surface area contributed by atoms with Crippen molar-refractivity contribution in [2.24, 2.45) is 5.41 Å². The van der Waals surface area contributed by atoms with E-state index >= 15 is 4.79 Å². The number of aromatic hydroxyl groups is 6.